The molecule has 0 aliphatic carbocycles. The van der Waals surface area contributed by atoms with E-state index in [1.807, 2.05) is 83.7 Å². The first-order valence-corrected chi connectivity index (χ1v) is 14.8. The molecule has 234 valence electrons. The fourth-order valence-electron chi connectivity index (χ4n) is 3.89. The summed E-state index contributed by atoms with van der Waals surface area (Å²) in [5.41, 5.74) is 12.0. The van der Waals surface area contributed by atoms with E-state index >= 15 is 0 Å². The number of fused-ring (bicyclic) bond motifs is 3. The average molecular weight is 588 g/mol. The number of terminal acetylenes is 2. The first-order chi connectivity index (χ1) is 20.6. The van der Waals surface area contributed by atoms with Gasteiger partial charge in [0, 0.05) is 0 Å². The number of aryl methyl sites for hydroxylation is 2. The average Bonchev–Trinajstić information content (AvgIpc) is 3.54. The highest BCUT2D eigenvalue weighted by Crippen LogP contribution is 2.48. The highest BCUT2D eigenvalue weighted by molar-refractivity contribution is 6.03. The molecule has 0 bridgehead atoms. The van der Waals surface area contributed by atoms with Gasteiger partial charge in [0.15, 0.2) is 0 Å². The molecule has 0 spiro atoms. The molecular formula is C37H53N3O3. The van der Waals surface area contributed by atoms with Crippen molar-refractivity contribution in [3.63, 3.8) is 0 Å². The van der Waals surface area contributed by atoms with Crippen molar-refractivity contribution in [2.24, 2.45) is 5.73 Å². The van der Waals surface area contributed by atoms with Crippen LogP contribution in [0.5, 0.6) is 11.5 Å². The van der Waals surface area contributed by atoms with E-state index in [1.165, 1.54) is 11.1 Å². The van der Waals surface area contributed by atoms with Crippen LogP contribution >= 0.6 is 0 Å². The number of amides is 1. The van der Waals surface area contributed by atoms with E-state index in [1.54, 1.807) is 19.9 Å². The molecule has 2 aliphatic rings. The number of phenolic OH excluding ortho intramolecular Hbond substituents is 1. The van der Waals surface area contributed by atoms with Gasteiger partial charge in [-0.05, 0) is 82.4 Å². The molecule has 43 heavy (non-hydrogen) atoms. The molecule has 0 radical (unpaired) electrons. The van der Waals surface area contributed by atoms with Crippen LogP contribution in [0.2, 0.25) is 0 Å². The Balaban J connectivity index is 0. The molecule has 1 amide bonds. The van der Waals surface area contributed by atoms with Gasteiger partial charge in [-0.25, -0.2) is 0 Å². The number of aromatic hydroxyl groups is 1. The van der Waals surface area contributed by atoms with Gasteiger partial charge in [-0.2, -0.15) is 0 Å². The van der Waals surface area contributed by atoms with Crippen molar-refractivity contribution >= 4 is 17.3 Å². The maximum absolute atomic E-state index is 11.7. The minimum atomic E-state index is -0.445. The summed E-state index contributed by atoms with van der Waals surface area (Å²) in [6.45, 7) is 22.7. The summed E-state index contributed by atoms with van der Waals surface area (Å²) in [6, 6.07) is 11.6. The Morgan fingerprint density at radius 2 is 1.63 bits per heavy atom. The number of allylic oxidation sites excluding steroid dienone is 2. The molecule has 0 aromatic heterocycles. The lowest BCUT2D eigenvalue weighted by atomic mass is 10.1. The van der Waals surface area contributed by atoms with Gasteiger partial charge in [0.05, 0.1) is 17.8 Å². The summed E-state index contributed by atoms with van der Waals surface area (Å²) in [6.07, 6.45) is 14.1. The van der Waals surface area contributed by atoms with Crippen LogP contribution in [0.15, 0.2) is 71.1 Å². The molecule has 6 nitrogen and oxygen atoms in total. The van der Waals surface area contributed by atoms with Gasteiger partial charge in [0.25, 0.3) is 5.91 Å². The number of ether oxygens (including phenoxy) is 1. The van der Waals surface area contributed by atoms with E-state index in [0.29, 0.717) is 30.2 Å². The fourth-order valence-corrected chi connectivity index (χ4v) is 3.89. The van der Waals surface area contributed by atoms with E-state index in [2.05, 4.69) is 56.0 Å². The monoisotopic (exact) mass is 587 g/mol. The number of hydrogen-bond donors (Lipinski definition) is 3. The zero-order valence-electron chi connectivity index (χ0n) is 28.2. The largest absolute Gasteiger partial charge is 0.506 e. The van der Waals surface area contributed by atoms with Crippen molar-refractivity contribution in [2.75, 3.05) is 23.4 Å². The summed E-state index contributed by atoms with van der Waals surface area (Å²) in [7, 11) is 0. The van der Waals surface area contributed by atoms with Crippen molar-refractivity contribution < 1.29 is 14.6 Å². The Labute approximate surface area is 261 Å². The van der Waals surface area contributed by atoms with Gasteiger partial charge in [-0.15, -0.1) is 24.7 Å². The molecule has 2 aromatic rings. The third-order valence-electron chi connectivity index (χ3n) is 5.77. The molecular weight excluding hydrogens is 534 g/mol. The SMILES string of the molecule is C#CC.C#CC.C/C=C(\C)COc1ccccc1C.CC.CC.CC/C=C1/CN2C(=C1C(N)=O)Nc1c(O)ccc(C)c12. The number of hydrogen-bond acceptors (Lipinski definition) is 5. The zero-order valence-corrected chi connectivity index (χ0v) is 28.2. The van der Waals surface area contributed by atoms with Crippen LogP contribution in [0, 0.1) is 38.5 Å². The molecule has 0 unspecified atom stereocenters. The van der Waals surface area contributed by atoms with Crippen LogP contribution in [-0.4, -0.2) is 24.2 Å². The molecule has 4 N–H and O–H groups in total. The number of carbonyl (C=O) groups excluding carboxylic acids is 1. The van der Waals surface area contributed by atoms with Gasteiger partial charge >= 0.3 is 0 Å². The Morgan fingerprint density at radius 1 is 1.07 bits per heavy atom. The van der Waals surface area contributed by atoms with Crippen molar-refractivity contribution in [3.05, 3.63) is 82.2 Å². The molecule has 2 aliphatic heterocycles. The number of primary amides is 1. The first-order valence-electron chi connectivity index (χ1n) is 14.8. The van der Waals surface area contributed by atoms with Gasteiger partial charge in [0.2, 0.25) is 0 Å². The number of nitrogens with zero attached hydrogens (tertiary/aromatic N) is 1. The molecule has 2 aromatic carbocycles. The molecule has 4 rings (SSSR count). The van der Waals surface area contributed by atoms with E-state index in [-0.39, 0.29) is 5.75 Å². The predicted molar refractivity (Wildman–Crippen MR) is 186 cm³/mol. The summed E-state index contributed by atoms with van der Waals surface area (Å²) < 4.78 is 5.62. The maximum Gasteiger partial charge on any atom is 0.252 e. The number of rotatable bonds is 5. The van der Waals surface area contributed by atoms with E-state index in [4.69, 9.17) is 10.5 Å². The maximum atomic E-state index is 11.7. The summed E-state index contributed by atoms with van der Waals surface area (Å²) >= 11 is 0. The molecule has 0 atom stereocenters. The topological polar surface area (TPSA) is 87.8 Å². The lowest BCUT2D eigenvalue weighted by molar-refractivity contribution is -0.114. The van der Waals surface area contributed by atoms with E-state index in [0.717, 1.165) is 29.0 Å². The minimum absolute atomic E-state index is 0.178. The molecule has 2 heterocycles. The highest BCUT2D eigenvalue weighted by Gasteiger charge is 2.38. The van der Waals surface area contributed by atoms with Crippen LogP contribution in [-0.2, 0) is 4.79 Å². The van der Waals surface area contributed by atoms with Crippen LogP contribution in [0.25, 0.3) is 0 Å². The van der Waals surface area contributed by atoms with Gasteiger partial charge in [-0.3, -0.25) is 4.79 Å². The molecule has 0 saturated heterocycles. The Kier molecular flexibility index (Phi) is 21.8. The Morgan fingerprint density at radius 3 is 2.12 bits per heavy atom. The number of carbonyl (C=O) groups is 1. The highest BCUT2D eigenvalue weighted by atomic mass is 16.5. The number of anilines is 2. The van der Waals surface area contributed by atoms with Gasteiger partial charge in [-0.1, -0.05) is 71.0 Å². The number of benzene rings is 2. The summed E-state index contributed by atoms with van der Waals surface area (Å²) in [5, 5.41) is 13.1. The van der Waals surface area contributed by atoms with Crippen molar-refractivity contribution in [1.82, 2.24) is 0 Å². The van der Waals surface area contributed by atoms with Crippen LogP contribution in [0.4, 0.5) is 11.4 Å². The smallest absolute Gasteiger partial charge is 0.252 e. The predicted octanol–water partition coefficient (Wildman–Crippen LogP) is 8.65. The molecule has 0 fully saturated rings. The van der Waals surface area contributed by atoms with Crippen molar-refractivity contribution in [2.45, 2.75) is 82.6 Å². The molecule has 6 heteroatoms. The summed E-state index contributed by atoms with van der Waals surface area (Å²) in [4.78, 5) is 13.8. The lowest BCUT2D eigenvalue weighted by Gasteiger charge is -2.15. The second-order valence-corrected chi connectivity index (χ2v) is 8.83. The van der Waals surface area contributed by atoms with Crippen LogP contribution in [0.3, 0.4) is 0 Å². The lowest BCUT2D eigenvalue weighted by Crippen LogP contribution is -2.19. The van der Waals surface area contributed by atoms with E-state index in [9.17, 15) is 9.90 Å². The molecule has 0 saturated carbocycles. The van der Waals surface area contributed by atoms with Gasteiger partial charge < -0.3 is 25.8 Å². The second-order valence-electron chi connectivity index (χ2n) is 8.83. The Hall–Kier alpha value is -4.55. The first kappa shape index (κ1) is 40.6. The van der Waals surface area contributed by atoms with Gasteiger partial charge in [0.1, 0.15) is 29.6 Å². The summed E-state index contributed by atoms with van der Waals surface area (Å²) in [5.74, 6) is 5.89. The fraction of sp³-hybridized carbons (Fsp3) is 0.378. The van der Waals surface area contributed by atoms with Crippen molar-refractivity contribution in [3.8, 4) is 36.2 Å². The normalized spacial score (nSPS) is 12.6. The number of nitrogens with one attached hydrogen (secondary N) is 1. The second kappa shape index (κ2) is 23.1. The van der Waals surface area contributed by atoms with Crippen LogP contribution < -0.4 is 20.7 Å². The van der Waals surface area contributed by atoms with E-state index < -0.39 is 5.91 Å². The number of phenols is 1. The third-order valence-corrected chi connectivity index (χ3v) is 5.77. The number of para-hydroxylation sites is 1. The minimum Gasteiger partial charge on any atom is -0.506 e. The van der Waals surface area contributed by atoms with Crippen molar-refractivity contribution in [1.29, 1.82) is 0 Å². The Bertz CT molecular complexity index is 1310. The van der Waals surface area contributed by atoms with Crippen LogP contribution in [0.1, 0.15) is 79.9 Å². The third kappa shape index (κ3) is 12.5. The standard InChI is InChI=1S/C15H17N3O2.C12H16O.2C3H4.2C2H6/c1-3-4-9-7-18-13-8(2)5-6-10(19)12(13)17-15(18)11(9)14(16)20;1-4-10(2)9-13-12-8-6-5-7-11(12)3;2*1-3-2;2*1-2/h4-6,17,19H,3,7H2,1-2H3,(H2,16,20);4-8H,9H2,1-3H3;2*1H,2H3;2*1-2H3/b9-4-;10-4+;;;;. The quantitative estimate of drug-likeness (QED) is 0.185. The zero-order chi connectivity index (χ0) is 33.5. The number of nitrogens with two attached hydrogens (primary N) is 1.